The van der Waals surface area contributed by atoms with Crippen LogP contribution in [0.2, 0.25) is 0 Å². The van der Waals surface area contributed by atoms with E-state index in [1.807, 2.05) is 12.1 Å². The standard InChI is InChI=1S/C26H40O2/c1-3-5-21-6-8-22(9-7-21)10-11-23-14-18-25(19-15-23)28-26(27)24-16-12-20(4-2)13-17-24/h14-15,18-22,24H,3-13,16-17H2,1-2H3. The van der Waals surface area contributed by atoms with Crippen LogP contribution in [0.25, 0.3) is 0 Å². The molecular formula is C26H40O2. The van der Waals surface area contributed by atoms with Gasteiger partial charge in [-0.25, -0.2) is 0 Å². The molecule has 2 aliphatic carbocycles. The highest BCUT2D eigenvalue weighted by Gasteiger charge is 2.27. The van der Waals surface area contributed by atoms with Crippen LogP contribution >= 0.6 is 0 Å². The van der Waals surface area contributed by atoms with Crippen molar-refractivity contribution in [3.05, 3.63) is 29.8 Å². The lowest BCUT2D eigenvalue weighted by atomic mass is 9.78. The summed E-state index contributed by atoms with van der Waals surface area (Å²) in [6.07, 6.45) is 16.5. The fraction of sp³-hybridized carbons (Fsp3) is 0.731. The Morgan fingerprint density at radius 2 is 1.39 bits per heavy atom. The molecular weight excluding hydrogens is 344 g/mol. The summed E-state index contributed by atoms with van der Waals surface area (Å²) in [5.74, 6) is 3.50. The number of esters is 1. The summed E-state index contributed by atoms with van der Waals surface area (Å²) in [7, 11) is 0. The van der Waals surface area contributed by atoms with E-state index in [9.17, 15) is 4.79 Å². The average Bonchev–Trinajstić information content (AvgIpc) is 2.74. The van der Waals surface area contributed by atoms with Crippen molar-refractivity contribution in [1.82, 2.24) is 0 Å². The minimum atomic E-state index is -0.0221. The zero-order chi connectivity index (χ0) is 19.8. The van der Waals surface area contributed by atoms with E-state index in [-0.39, 0.29) is 11.9 Å². The van der Waals surface area contributed by atoms with Crippen molar-refractivity contribution in [3.8, 4) is 5.75 Å². The molecule has 0 aromatic heterocycles. The SMILES string of the molecule is CCCC1CCC(CCc2ccc(OC(=O)C3CCC(CC)CC3)cc2)CC1. The third-order valence-electron chi connectivity index (χ3n) is 7.40. The Balaban J connectivity index is 1.38. The molecule has 156 valence electrons. The minimum absolute atomic E-state index is 0.0221. The van der Waals surface area contributed by atoms with Gasteiger partial charge < -0.3 is 4.74 Å². The Kier molecular flexibility index (Phi) is 8.43. The van der Waals surface area contributed by atoms with Crippen LogP contribution in [0.1, 0.15) is 96.5 Å². The first-order valence-corrected chi connectivity index (χ1v) is 12.0. The van der Waals surface area contributed by atoms with E-state index >= 15 is 0 Å². The highest BCUT2D eigenvalue weighted by molar-refractivity contribution is 5.75. The summed E-state index contributed by atoms with van der Waals surface area (Å²) in [6, 6.07) is 8.28. The van der Waals surface area contributed by atoms with Crippen molar-refractivity contribution in [3.63, 3.8) is 0 Å². The van der Waals surface area contributed by atoms with E-state index in [1.165, 1.54) is 69.8 Å². The molecule has 2 saturated carbocycles. The largest absolute Gasteiger partial charge is 0.426 e. The average molecular weight is 385 g/mol. The molecule has 0 N–H and O–H groups in total. The number of hydrogen-bond donors (Lipinski definition) is 0. The third-order valence-corrected chi connectivity index (χ3v) is 7.40. The molecule has 0 atom stereocenters. The number of carbonyl (C=O) groups is 1. The van der Waals surface area contributed by atoms with Crippen molar-refractivity contribution in [2.75, 3.05) is 0 Å². The molecule has 0 radical (unpaired) electrons. The molecule has 0 bridgehead atoms. The van der Waals surface area contributed by atoms with Crippen LogP contribution in [-0.4, -0.2) is 5.97 Å². The Bertz CT molecular complexity index is 575. The molecule has 1 aromatic carbocycles. The normalized spacial score (nSPS) is 28.1. The van der Waals surface area contributed by atoms with Crippen molar-refractivity contribution in [1.29, 1.82) is 0 Å². The van der Waals surface area contributed by atoms with E-state index in [1.54, 1.807) is 0 Å². The number of hydrogen-bond acceptors (Lipinski definition) is 2. The van der Waals surface area contributed by atoms with Gasteiger partial charge in [0.2, 0.25) is 0 Å². The highest BCUT2D eigenvalue weighted by atomic mass is 16.5. The van der Waals surface area contributed by atoms with Crippen LogP contribution in [0.3, 0.4) is 0 Å². The quantitative estimate of drug-likeness (QED) is 0.346. The van der Waals surface area contributed by atoms with Gasteiger partial charge in [0, 0.05) is 0 Å². The van der Waals surface area contributed by atoms with Gasteiger partial charge in [0.1, 0.15) is 5.75 Å². The third kappa shape index (κ3) is 6.36. The Hall–Kier alpha value is -1.31. The van der Waals surface area contributed by atoms with Crippen LogP contribution in [0, 0.1) is 23.7 Å². The summed E-state index contributed by atoms with van der Waals surface area (Å²) < 4.78 is 5.67. The summed E-state index contributed by atoms with van der Waals surface area (Å²) in [5, 5.41) is 0. The van der Waals surface area contributed by atoms with Crippen LogP contribution < -0.4 is 4.74 Å². The van der Waals surface area contributed by atoms with Gasteiger partial charge in [0.25, 0.3) is 0 Å². The molecule has 2 aliphatic rings. The van der Waals surface area contributed by atoms with Gasteiger partial charge >= 0.3 is 5.97 Å². The number of aryl methyl sites for hydroxylation is 1. The molecule has 0 amide bonds. The van der Waals surface area contributed by atoms with Crippen LogP contribution in [0.15, 0.2) is 24.3 Å². The lowest BCUT2D eigenvalue weighted by Gasteiger charge is -2.28. The fourth-order valence-electron chi connectivity index (χ4n) is 5.32. The molecule has 2 fully saturated rings. The van der Waals surface area contributed by atoms with Crippen LogP contribution in [-0.2, 0) is 11.2 Å². The second-order valence-corrected chi connectivity index (χ2v) is 9.41. The van der Waals surface area contributed by atoms with Crippen LogP contribution in [0.4, 0.5) is 0 Å². The number of rotatable bonds is 8. The van der Waals surface area contributed by atoms with Gasteiger partial charge in [0.05, 0.1) is 5.92 Å². The van der Waals surface area contributed by atoms with Crippen molar-refractivity contribution >= 4 is 5.97 Å². The maximum absolute atomic E-state index is 12.4. The zero-order valence-corrected chi connectivity index (χ0v) is 18.1. The van der Waals surface area contributed by atoms with Gasteiger partial charge in [-0.05, 0) is 74.0 Å². The lowest BCUT2D eigenvalue weighted by Crippen LogP contribution is -2.25. The van der Waals surface area contributed by atoms with Gasteiger partial charge in [-0.15, -0.1) is 0 Å². The molecule has 3 rings (SSSR count). The molecule has 0 spiro atoms. The van der Waals surface area contributed by atoms with E-state index < -0.39 is 0 Å². The van der Waals surface area contributed by atoms with Crippen molar-refractivity contribution < 1.29 is 9.53 Å². The van der Waals surface area contributed by atoms with Gasteiger partial charge in [0.15, 0.2) is 0 Å². The van der Waals surface area contributed by atoms with Crippen molar-refractivity contribution in [2.45, 2.75) is 97.3 Å². The first-order valence-electron chi connectivity index (χ1n) is 12.0. The first-order chi connectivity index (χ1) is 13.7. The maximum Gasteiger partial charge on any atom is 0.314 e. The summed E-state index contributed by atoms with van der Waals surface area (Å²) in [6.45, 7) is 4.56. The monoisotopic (exact) mass is 384 g/mol. The fourth-order valence-corrected chi connectivity index (χ4v) is 5.32. The molecule has 1 aromatic rings. The number of ether oxygens (including phenoxy) is 1. The lowest BCUT2D eigenvalue weighted by molar-refractivity contribution is -0.140. The molecule has 28 heavy (non-hydrogen) atoms. The smallest absolute Gasteiger partial charge is 0.314 e. The predicted octanol–water partition coefficient (Wildman–Crippen LogP) is 7.35. The first kappa shape index (κ1) is 21.4. The summed E-state index contributed by atoms with van der Waals surface area (Å²) >= 11 is 0. The Morgan fingerprint density at radius 1 is 0.821 bits per heavy atom. The molecule has 0 unspecified atom stereocenters. The second-order valence-electron chi connectivity index (χ2n) is 9.41. The molecule has 0 saturated heterocycles. The minimum Gasteiger partial charge on any atom is -0.426 e. The van der Waals surface area contributed by atoms with E-state index in [0.29, 0.717) is 5.75 Å². The second kappa shape index (κ2) is 11.0. The maximum atomic E-state index is 12.4. The number of benzene rings is 1. The number of carbonyl (C=O) groups excluding carboxylic acids is 1. The van der Waals surface area contributed by atoms with E-state index in [4.69, 9.17) is 4.74 Å². The topological polar surface area (TPSA) is 26.3 Å². The summed E-state index contributed by atoms with van der Waals surface area (Å²) in [4.78, 5) is 12.4. The van der Waals surface area contributed by atoms with Gasteiger partial charge in [-0.1, -0.05) is 70.9 Å². The molecule has 0 heterocycles. The van der Waals surface area contributed by atoms with Crippen LogP contribution in [0.5, 0.6) is 5.75 Å². The zero-order valence-electron chi connectivity index (χ0n) is 18.1. The van der Waals surface area contributed by atoms with Crippen molar-refractivity contribution in [2.24, 2.45) is 23.7 Å². The summed E-state index contributed by atoms with van der Waals surface area (Å²) in [5.41, 5.74) is 1.37. The van der Waals surface area contributed by atoms with E-state index in [0.717, 1.165) is 37.0 Å². The molecule has 0 aliphatic heterocycles. The molecule has 2 nitrogen and oxygen atoms in total. The Morgan fingerprint density at radius 3 is 1.96 bits per heavy atom. The van der Waals surface area contributed by atoms with Gasteiger partial charge in [-0.2, -0.15) is 0 Å². The van der Waals surface area contributed by atoms with E-state index in [2.05, 4.69) is 26.0 Å². The molecule has 2 heteroatoms. The predicted molar refractivity (Wildman–Crippen MR) is 116 cm³/mol. The highest BCUT2D eigenvalue weighted by Crippen LogP contribution is 2.34. The van der Waals surface area contributed by atoms with Gasteiger partial charge in [-0.3, -0.25) is 4.79 Å². The Labute approximate surface area is 172 Å².